The van der Waals surface area contributed by atoms with E-state index in [4.69, 9.17) is 4.74 Å². The second-order valence-electron chi connectivity index (χ2n) is 4.95. The van der Waals surface area contributed by atoms with Crippen LogP contribution >= 0.6 is 0 Å². The van der Waals surface area contributed by atoms with E-state index >= 15 is 0 Å². The number of methoxy groups -OCH3 is 1. The van der Waals surface area contributed by atoms with Crippen molar-refractivity contribution >= 4 is 11.8 Å². The van der Waals surface area contributed by atoms with Crippen molar-refractivity contribution in [1.82, 2.24) is 10.2 Å². The van der Waals surface area contributed by atoms with Gasteiger partial charge in [0.25, 0.3) is 0 Å². The summed E-state index contributed by atoms with van der Waals surface area (Å²) in [4.78, 5) is 25.7. The number of nitrogens with one attached hydrogen (secondary N) is 1. The summed E-state index contributed by atoms with van der Waals surface area (Å²) in [6, 6.07) is 4.01. The normalized spacial score (nSPS) is 18.3. The minimum atomic E-state index is -0.494. The van der Waals surface area contributed by atoms with Gasteiger partial charge in [-0.3, -0.25) is 9.59 Å². The van der Waals surface area contributed by atoms with E-state index in [9.17, 15) is 14.0 Å². The molecule has 1 atom stereocenters. The third-order valence-corrected chi connectivity index (χ3v) is 3.61. The second kappa shape index (κ2) is 6.56. The van der Waals surface area contributed by atoms with Gasteiger partial charge in [-0.1, -0.05) is 13.0 Å². The molecule has 0 spiro atoms. The van der Waals surface area contributed by atoms with Gasteiger partial charge in [-0.15, -0.1) is 0 Å². The van der Waals surface area contributed by atoms with Crippen LogP contribution in [-0.2, 0) is 16.0 Å². The van der Waals surface area contributed by atoms with Crippen LogP contribution in [0, 0.1) is 5.82 Å². The maximum atomic E-state index is 13.6. The molecule has 21 heavy (non-hydrogen) atoms. The molecular formula is C15H19FN2O3. The van der Waals surface area contributed by atoms with Gasteiger partial charge in [-0.2, -0.15) is 0 Å². The number of nitrogens with zero attached hydrogens (tertiary/aromatic N) is 1. The van der Waals surface area contributed by atoms with Gasteiger partial charge in [0.1, 0.15) is 6.04 Å². The molecule has 114 valence electrons. The molecule has 5 nitrogen and oxygen atoms in total. The molecule has 1 heterocycles. The van der Waals surface area contributed by atoms with Crippen LogP contribution in [0.15, 0.2) is 18.2 Å². The first kappa shape index (κ1) is 15.3. The number of piperazine rings is 1. The van der Waals surface area contributed by atoms with Crippen LogP contribution in [0.2, 0.25) is 0 Å². The standard InChI is InChI=1S/C15H19FN2O3/c1-3-12-15(20)17-6-7-18(12)14(19)9-10-4-5-13(21-2)11(16)8-10/h4-5,8,12H,3,6-7,9H2,1-2H3,(H,17,20). The third kappa shape index (κ3) is 3.32. The number of carbonyl (C=O) groups is 2. The van der Waals surface area contributed by atoms with Crippen molar-refractivity contribution < 1.29 is 18.7 Å². The number of amides is 2. The summed E-state index contributed by atoms with van der Waals surface area (Å²) in [6.07, 6.45) is 0.638. The highest BCUT2D eigenvalue weighted by Gasteiger charge is 2.31. The van der Waals surface area contributed by atoms with Crippen molar-refractivity contribution in [3.05, 3.63) is 29.6 Å². The minimum absolute atomic E-state index is 0.0741. The Kier molecular flexibility index (Phi) is 4.77. The van der Waals surface area contributed by atoms with Gasteiger partial charge in [0.15, 0.2) is 11.6 Å². The summed E-state index contributed by atoms with van der Waals surface area (Å²) in [5, 5.41) is 2.75. The lowest BCUT2D eigenvalue weighted by Gasteiger charge is -2.34. The Hall–Kier alpha value is -2.11. The molecule has 1 N–H and O–H groups in total. The van der Waals surface area contributed by atoms with Crippen molar-refractivity contribution in [3.8, 4) is 5.75 Å². The first-order chi connectivity index (χ1) is 10.1. The zero-order chi connectivity index (χ0) is 15.4. The molecule has 1 fully saturated rings. The molecule has 0 bridgehead atoms. The second-order valence-corrected chi connectivity index (χ2v) is 4.95. The first-order valence-electron chi connectivity index (χ1n) is 6.96. The highest BCUT2D eigenvalue weighted by molar-refractivity contribution is 5.89. The largest absolute Gasteiger partial charge is 0.494 e. The Morgan fingerprint density at radius 2 is 2.29 bits per heavy atom. The summed E-state index contributed by atoms with van der Waals surface area (Å²) in [5.74, 6) is -0.638. The Morgan fingerprint density at radius 1 is 1.52 bits per heavy atom. The van der Waals surface area contributed by atoms with Gasteiger partial charge >= 0.3 is 0 Å². The van der Waals surface area contributed by atoms with Crippen molar-refractivity contribution in [3.63, 3.8) is 0 Å². The molecule has 0 radical (unpaired) electrons. The van der Waals surface area contributed by atoms with E-state index in [1.54, 1.807) is 11.0 Å². The maximum Gasteiger partial charge on any atom is 0.242 e. The molecule has 2 amide bonds. The van der Waals surface area contributed by atoms with Gasteiger partial charge in [-0.05, 0) is 24.1 Å². The van der Waals surface area contributed by atoms with E-state index in [0.29, 0.717) is 25.1 Å². The van der Waals surface area contributed by atoms with Crippen molar-refractivity contribution in [2.45, 2.75) is 25.8 Å². The number of carbonyl (C=O) groups excluding carboxylic acids is 2. The van der Waals surface area contributed by atoms with Crippen LogP contribution in [0.25, 0.3) is 0 Å². The zero-order valence-electron chi connectivity index (χ0n) is 12.2. The van der Waals surface area contributed by atoms with Crippen LogP contribution in [0.5, 0.6) is 5.75 Å². The molecule has 1 aromatic rings. The van der Waals surface area contributed by atoms with E-state index in [1.807, 2.05) is 6.92 Å². The Labute approximate surface area is 123 Å². The lowest BCUT2D eigenvalue weighted by atomic mass is 10.1. The molecule has 2 rings (SSSR count). The SMILES string of the molecule is CCC1C(=O)NCCN1C(=O)Cc1ccc(OC)c(F)c1. The Morgan fingerprint density at radius 3 is 2.90 bits per heavy atom. The predicted molar refractivity (Wildman–Crippen MR) is 75.5 cm³/mol. The van der Waals surface area contributed by atoms with Crippen LogP contribution in [0.1, 0.15) is 18.9 Å². The van der Waals surface area contributed by atoms with Crippen LogP contribution < -0.4 is 10.1 Å². The highest BCUT2D eigenvalue weighted by Crippen LogP contribution is 2.19. The lowest BCUT2D eigenvalue weighted by Crippen LogP contribution is -2.57. The molecule has 0 aliphatic carbocycles. The van der Waals surface area contributed by atoms with Crippen LogP contribution in [0.3, 0.4) is 0 Å². The molecule has 1 aliphatic heterocycles. The molecule has 6 heteroatoms. The van der Waals surface area contributed by atoms with Gasteiger partial charge in [0, 0.05) is 13.1 Å². The fraction of sp³-hybridized carbons (Fsp3) is 0.467. The number of benzene rings is 1. The number of hydrogen-bond acceptors (Lipinski definition) is 3. The van der Waals surface area contributed by atoms with Crippen molar-refractivity contribution in [1.29, 1.82) is 0 Å². The summed E-state index contributed by atoms with van der Waals surface area (Å²) in [7, 11) is 1.39. The fourth-order valence-electron chi connectivity index (χ4n) is 2.52. The maximum absolute atomic E-state index is 13.6. The smallest absolute Gasteiger partial charge is 0.242 e. The van der Waals surface area contributed by atoms with E-state index in [1.165, 1.54) is 19.2 Å². The number of halogens is 1. The topological polar surface area (TPSA) is 58.6 Å². The van der Waals surface area contributed by atoms with Gasteiger partial charge in [0.05, 0.1) is 13.5 Å². The van der Waals surface area contributed by atoms with E-state index in [0.717, 1.165) is 0 Å². The molecule has 1 unspecified atom stereocenters. The van der Waals surface area contributed by atoms with Crippen molar-refractivity contribution in [2.24, 2.45) is 0 Å². The highest BCUT2D eigenvalue weighted by atomic mass is 19.1. The molecule has 0 saturated carbocycles. The van der Waals surface area contributed by atoms with Gasteiger partial charge < -0.3 is 15.0 Å². The zero-order valence-corrected chi connectivity index (χ0v) is 12.2. The molecule has 1 aliphatic rings. The minimum Gasteiger partial charge on any atom is -0.494 e. The molecule has 0 aromatic heterocycles. The van der Waals surface area contributed by atoms with Gasteiger partial charge in [0.2, 0.25) is 11.8 Å². The number of hydrogen-bond donors (Lipinski definition) is 1. The summed E-state index contributed by atoms with van der Waals surface area (Å²) in [6.45, 7) is 2.81. The monoisotopic (exact) mass is 294 g/mol. The average molecular weight is 294 g/mol. The third-order valence-electron chi connectivity index (χ3n) is 3.61. The average Bonchev–Trinajstić information content (AvgIpc) is 2.47. The predicted octanol–water partition coefficient (Wildman–Crippen LogP) is 1.11. The molecule has 1 aromatic carbocycles. The summed E-state index contributed by atoms with van der Waals surface area (Å²) in [5.41, 5.74) is 0.569. The van der Waals surface area contributed by atoms with Crippen LogP contribution in [0.4, 0.5) is 4.39 Å². The van der Waals surface area contributed by atoms with Gasteiger partial charge in [-0.25, -0.2) is 4.39 Å². The summed E-state index contributed by atoms with van der Waals surface area (Å²) < 4.78 is 18.5. The van der Waals surface area contributed by atoms with E-state index in [2.05, 4.69) is 5.32 Å². The Balaban J connectivity index is 2.10. The Bertz CT molecular complexity index is 548. The number of ether oxygens (including phenoxy) is 1. The summed E-state index contributed by atoms with van der Waals surface area (Å²) >= 11 is 0. The van der Waals surface area contributed by atoms with Crippen LogP contribution in [-0.4, -0.2) is 43.0 Å². The van der Waals surface area contributed by atoms with E-state index in [-0.39, 0.29) is 24.0 Å². The lowest BCUT2D eigenvalue weighted by molar-refractivity contribution is -0.142. The molecular weight excluding hydrogens is 275 g/mol. The molecule has 1 saturated heterocycles. The van der Waals surface area contributed by atoms with E-state index < -0.39 is 11.9 Å². The fourth-order valence-corrected chi connectivity index (χ4v) is 2.52. The van der Waals surface area contributed by atoms with Crippen molar-refractivity contribution in [2.75, 3.05) is 20.2 Å². The first-order valence-corrected chi connectivity index (χ1v) is 6.96. The quantitative estimate of drug-likeness (QED) is 0.905. The number of rotatable bonds is 4.